The Morgan fingerprint density at radius 2 is 0.767 bits per heavy atom. The molecule has 0 spiro atoms. The van der Waals surface area contributed by atoms with E-state index < -0.39 is 12.7 Å². The summed E-state index contributed by atoms with van der Waals surface area (Å²) in [7, 11) is 0. The van der Waals surface area contributed by atoms with Gasteiger partial charge in [-0.25, -0.2) is 0 Å². The molecular weight excluding hydrogens is 446 g/mol. The SMILES string of the molecule is S=P1(c2ccccc2)N2CCCN3CCN(CCCN1CC2)P3(=S)c1ccccc1. The van der Waals surface area contributed by atoms with Crippen molar-refractivity contribution in [1.82, 2.24) is 18.7 Å². The second-order valence-electron chi connectivity index (χ2n) is 8.28. The van der Waals surface area contributed by atoms with Crippen molar-refractivity contribution in [3.8, 4) is 0 Å². The van der Waals surface area contributed by atoms with Gasteiger partial charge in [0.1, 0.15) is 12.7 Å². The summed E-state index contributed by atoms with van der Waals surface area (Å²) in [6.07, 6.45) is -1.43. The first kappa shape index (κ1) is 21.4. The summed E-state index contributed by atoms with van der Waals surface area (Å²) < 4.78 is 10.6. The molecule has 2 aromatic carbocycles. The molecule has 3 aliphatic rings. The summed E-state index contributed by atoms with van der Waals surface area (Å²) in [6.45, 7) is 8.69. The minimum Gasteiger partial charge on any atom is -0.259 e. The molecule has 0 saturated carbocycles. The molecule has 3 saturated heterocycles. The third-order valence-corrected chi connectivity index (χ3v) is 17.3. The Bertz CT molecular complexity index is 860. The van der Waals surface area contributed by atoms with E-state index in [2.05, 4.69) is 79.3 Å². The Kier molecular flexibility index (Phi) is 6.32. The average Bonchev–Trinajstić information content (AvgIpc) is 3.29. The highest BCUT2D eigenvalue weighted by atomic mass is 32.4. The molecule has 4 bridgehead atoms. The molecule has 3 heterocycles. The molecule has 3 aliphatic heterocycles. The van der Waals surface area contributed by atoms with Crippen molar-refractivity contribution in [2.75, 3.05) is 52.4 Å². The Labute approximate surface area is 191 Å². The van der Waals surface area contributed by atoms with E-state index in [-0.39, 0.29) is 0 Å². The van der Waals surface area contributed by atoms with Crippen molar-refractivity contribution in [3.05, 3.63) is 60.7 Å². The van der Waals surface area contributed by atoms with E-state index in [0.717, 1.165) is 65.2 Å². The van der Waals surface area contributed by atoms with Crippen molar-refractivity contribution < 1.29 is 0 Å². The van der Waals surface area contributed by atoms with Gasteiger partial charge < -0.3 is 0 Å². The molecule has 0 aliphatic carbocycles. The van der Waals surface area contributed by atoms with Crippen LogP contribution in [0.25, 0.3) is 0 Å². The predicted molar refractivity (Wildman–Crippen MR) is 136 cm³/mol. The van der Waals surface area contributed by atoms with Gasteiger partial charge in [-0.3, -0.25) is 18.7 Å². The van der Waals surface area contributed by atoms with Gasteiger partial charge in [0.05, 0.1) is 0 Å². The minimum absolute atomic E-state index is 1.07. The Hall–Kier alpha value is -0.420. The minimum atomic E-state index is -1.85. The van der Waals surface area contributed by atoms with Gasteiger partial charge in [-0.2, -0.15) is 0 Å². The summed E-state index contributed by atoms with van der Waals surface area (Å²) in [6, 6.07) is 21.8. The average molecular weight is 477 g/mol. The zero-order valence-corrected chi connectivity index (χ0v) is 20.8. The number of rotatable bonds is 2. The van der Waals surface area contributed by atoms with Crippen LogP contribution in [0.4, 0.5) is 0 Å². The first-order valence-corrected chi connectivity index (χ1v) is 16.4. The third kappa shape index (κ3) is 3.60. The molecule has 4 nitrogen and oxygen atoms in total. The van der Waals surface area contributed by atoms with Gasteiger partial charge >= 0.3 is 0 Å². The highest BCUT2D eigenvalue weighted by molar-refractivity contribution is 8.16. The lowest BCUT2D eigenvalue weighted by atomic mass is 10.3. The molecule has 30 heavy (non-hydrogen) atoms. The molecule has 0 amide bonds. The second kappa shape index (κ2) is 8.84. The summed E-state index contributed by atoms with van der Waals surface area (Å²) in [5.74, 6) is 0. The van der Waals surface area contributed by atoms with Crippen molar-refractivity contribution >= 4 is 46.9 Å². The van der Waals surface area contributed by atoms with Crippen molar-refractivity contribution in [2.45, 2.75) is 12.8 Å². The van der Waals surface area contributed by atoms with Crippen molar-refractivity contribution in [3.63, 3.8) is 0 Å². The van der Waals surface area contributed by atoms with Crippen LogP contribution in [0.15, 0.2) is 60.7 Å². The largest absolute Gasteiger partial charge is 0.259 e. The maximum Gasteiger partial charge on any atom is 0.107 e. The fourth-order valence-corrected chi connectivity index (χ4v) is 14.0. The van der Waals surface area contributed by atoms with Crippen LogP contribution in [-0.2, 0) is 23.6 Å². The van der Waals surface area contributed by atoms with E-state index in [9.17, 15) is 0 Å². The molecule has 0 radical (unpaired) electrons. The molecule has 5 rings (SSSR count). The lowest BCUT2D eigenvalue weighted by molar-refractivity contribution is 0.395. The molecule has 8 heteroatoms. The molecule has 0 aromatic heterocycles. The second-order valence-corrected chi connectivity index (χ2v) is 16.8. The van der Waals surface area contributed by atoms with Crippen LogP contribution < -0.4 is 10.6 Å². The van der Waals surface area contributed by atoms with Gasteiger partial charge in [0.25, 0.3) is 0 Å². The van der Waals surface area contributed by atoms with Crippen molar-refractivity contribution in [2.24, 2.45) is 0 Å². The molecule has 4 unspecified atom stereocenters. The normalized spacial score (nSPS) is 39.2. The van der Waals surface area contributed by atoms with E-state index in [1.54, 1.807) is 0 Å². The fourth-order valence-electron chi connectivity index (χ4n) is 5.12. The summed E-state index contributed by atoms with van der Waals surface area (Å²) in [4.78, 5) is 0. The number of benzene rings is 2. The molecular formula is C22H30N4P2S2. The number of nitrogens with zero attached hydrogens (tertiary/aromatic N) is 4. The molecule has 2 aromatic rings. The van der Waals surface area contributed by atoms with Crippen LogP contribution in [0, 0.1) is 0 Å². The number of hydrogen-bond donors (Lipinski definition) is 0. The third-order valence-electron chi connectivity index (χ3n) is 6.62. The Morgan fingerprint density at radius 1 is 0.467 bits per heavy atom. The molecule has 0 N–H and O–H groups in total. The van der Waals surface area contributed by atoms with E-state index in [4.69, 9.17) is 23.6 Å². The van der Waals surface area contributed by atoms with E-state index in [0.29, 0.717) is 0 Å². The van der Waals surface area contributed by atoms with Gasteiger partial charge in [-0.1, -0.05) is 84.3 Å². The van der Waals surface area contributed by atoms with Gasteiger partial charge in [0, 0.05) is 63.0 Å². The zero-order chi connectivity index (χ0) is 20.6. The summed E-state index contributed by atoms with van der Waals surface area (Å²) in [5, 5.41) is 2.71. The molecule has 3 fully saturated rings. The quantitative estimate of drug-likeness (QED) is 0.613. The fraction of sp³-hybridized carbons (Fsp3) is 0.455. The summed E-state index contributed by atoms with van der Waals surface area (Å²) in [5.41, 5.74) is 0. The van der Waals surface area contributed by atoms with Crippen molar-refractivity contribution in [1.29, 1.82) is 0 Å². The lowest BCUT2D eigenvalue weighted by Crippen LogP contribution is -2.33. The standard InChI is InChI=1S/C22H30N4P2S2/c29-27(21-9-3-1-4-10-21)23-13-7-15-25-19-20-26(16-8-14-24(27)18-17-23)28(25,30)22-11-5-2-6-12-22/h1-6,9-12H,7-8,13-20H2. The highest BCUT2D eigenvalue weighted by Crippen LogP contribution is 2.58. The van der Waals surface area contributed by atoms with Crippen LogP contribution in [0.3, 0.4) is 0 Å². The zero-order valence-electron chi connectivity index (χ0n) is 17.3. The van der Waals surface area contributed by atoms with E-state index >= 15 is 0 Å². The van der Waals surface area contributed by atoms with Gasteiger partial charge in [-0.05, 0) is 12.8 Å². The van der Waals surface area contributed by atoms with E-state index in [1.807, 2.05) is 0 Å². The maximum atomic E-state index is 6.48. The predicted octanol–water partition coefficient (Wildman–Crippen LogP) is 3.29. The first-order valence-electron chi connectivity index (χ1n) is 11.0. The topological polar surface area (TPSA) is 13.0 Å². The number of fused-ring (bicyclic) bond motifs is 4. The van der Waals surface area contributed by atoms with Gasteiger partial charge in [-0.15, -0.1) is 0 Å². The Morgan fingerprint density at radius 3 is 1.07 bits per heavy atom. The van der Waals surface area contributed by atoms with E-state index in [1.165, 1.54) is 10.6 Å². The van der Waals surface area contributed by atoms with Crippen LogP contribution >= 0.6 is 12.7 Å². The van der Waals surface area contributed by atoms with Gasteiger partial charge in [0.15, 0.2) is 0 Å². The maximum absolute atomic E-state index is 6.48. The highest BCUT2D eigenvalue weighted by Gasteiger charge is 2.42. The molecule has 4 atom stereocenters. The smallest absolute Gasteiger partial charge is 0.107 e. The first-order chi connectivity index (χ1) is 14.6. The lowest BCUT2D eigenvalue weighted by Gasteiger charge is -2.38. The molecule has 160 valence electrons. The Balaban J connectivity index is 1.44. The number of hydrogen-bond acceptors (Lipinski definition) is 2. The monoisotopic (exact) mass is 476 g/mol. The van der Waals surface area contributed by atoms with Crippen LogP contribution in [0.5, 0.6) is 0 Å². The van der Waals surface area contributed by atoms with Crippen LogP contribution in [0.2, 0.25) is 0 Å². The van der Waals surface area contributed by atoms with Crippen LogP contribution in [0.1, 0.15) is 12.8 Å². The summed E-state index contributed by atoms with van der Waals surface area (Å²) >= 11 is 13.0. The van der Waals surface area contributed by atoms with Gasteiger partial charge in [0.2, 0.25) is 0 Å². The van der Waals surface area contributed by atoms with Crippen LogP contribution in [-0.4, -0.2) is 71.0 Å².